The molecule has 0 aromatic heterocycles. The number of carbonyl (C=O) groups is 1. The molecule has 0 saturated heterocycles. The van der Waals surface area contributed by atoms with Crippen molar-refractivity contribution >= 4 is 5.97 Å². The van der Waals surface area contributed by atoms with Gasteiger partial charge in [0.05, 0.1) is 18.8 Å². The van der Waals surface area contributed by atoms with Gasteiger partial charge in [-0.05, 0) is 25.1 Å². The second-order valence-corrected chi connectivity index (χ2v) is 2.94. The number of ether oxygens (including phenoxy) is 1. The molecule has 0 spiro atoms. The highest BCUT2D eigenvalue weighted by molar-refractivity contribution is 5.88. The van der Waals surface area contributed by atoms with E-state index < -0.39 is 12.1 Å². The average molecular weight is 196 g/mol. The summed E-state index contributed by atoms with van der Waals surface area (Å²) >= 11 is 0. The van der Waals surface area contributed by atoms with Crippen LogP contribution < -0.4 is 4.74 Å². The van der Waals surface area contributed by atoms with E-state index in [1.165, 1.54) is 25.3 Å². The molecule has 0 amide bonds. The maximum atomic E-state index is 10.7. The summed E-state index contributed by atoms with van der Waals surface area (Å²) in [7, 11) is 1.47. The quantitative estimate of drug-likeness (QED) is 0.767. The highest BCUT2D eigenvalue weighted by atomic mass is 16.5. The SMILES string of the molecule is COc1ccc(C(=O)O)cc1C(C)O. The van der Waals surface area contributed by atoms with Gasteiger partial charge in [-0.2, -0.15) is 0 Å². The van der Waals surface area contributed by atoms with Crippen LogP contribution in [-0.4, -0.2) is 23.3 Å². The largest absolute Gasteiger partial charge is 0.496 e. The molecule has 0 heterocycles. The van der Waals surface area contributed by atoms with E-state index in [1.54, 1.807) is 6.92 Å². The molecule has 0 fully saturated rings. The van der Waals surface area contributed by atoms with Crippen molar-refractivity contribution in [3.05, 3.63) is 29.3 Å². The molecule has 0 aliphatic heterocycles. The van der Waals surface area contributed by atoms with Crippen molar-refractivity contribution in [2.45, 2.75) is 13.0 Å². The van der Waals surface area contributed by atoms with Gasteiger partial charge in [-0.1, -0.05) is 0 Å². The predicted octanol–water partition coefficient (Wildman–Crippen LogP) is 1.45. The molecular formula is C10H12O4. The molecule has 0 aliphatic carbocycles. The number of rotatable bonds is 3. The molecule has 1 aromatic rings. The number of aromatic carboxylic acids is 1. The van der Waals surface area contributed by atoms with E-state index in [2.05, 4.69) is 0 Å². The summed E-state index contributed by atoms with van der Waals surface area (Å²) in [5, 5.41) is 18.1. The third kappa shape index (κ3) is 2.03. The first-order valence-corrected chi connectivity index (χ1v) is 4.15. The van der Waals surface area contributed by atoms with E-state index >= 15 is 0 Å². The molecule has 2 N–H and O–H groups in total. The number of aliphatic hydroxyl groups excluding tert-OH is 1. The Kier molecular flexibility index (Phi) is 3.09. The summed E-state index contributed by atoms with van der Waals surface area (Å²) in [5.41, 5.74) is 0.620. The number of benzene rings is 1. The van der Waals surface area contributed by atoms with Crippen LogP contribution in [0.3, 0.4) is 0 Å². The van der Waals surface area contributed by atoms with Crippen LogP contribution in [-0.2, 0) is 0 Å². The molecule has 0 saturated carbocycles. The number of hydrogen-bond acceptors (Lipinski definition) is 3. The molecule has 0 radical (unpaired) electrons. The lowest BCUT2D eigenvalue weighted by Gasteiger charge is -2.11. The van der Waals surface area contributed by atoms with Gasteiger partial charge in [0.1, 0.15) is 5.75 Å². The summed E-state index contributed by atoms with van der Waals surface area (Å²) in [4.78, 5) is 10.7. The normalized spacial score (nSPS) is 12.2. The minimum atomic E-state index is -1.02. The third-order valence-electron chi connectivity index (χ3n) is 1.93. The summed E-state index contributed by atoms with van der Waals surface area (Å²) in [6.45, 7) is 1.56. The maximum Gasteiger partial charge on any atom is 0.335 e. The molecule has 1 atom stereocenters. The van der Waals surface area contributed by atoms with Crippen LogP contribution in [0, 0.1) is 0 Å². The summed E-state index contributed by atoms with van der Waals surface area (Å²) in [5.74, 6) is -0.528. The first-order valence-electron chi connectivity index (χ1n) is 4.15. The van der Waals surface area contributed by atoms with Crippen LogP contribution in [0.15, 0.2) is 18.2 Å². The molecule has 1 unspecified atom stereocenters. The molecule has 1 rings (SSSR count). The summed E-state index contributed by atoms with van der Waals surface area (Å²) in [6, 6.07) is 4.38. The van der Waals surface area contributed by atoms with E-state index in [1.807, 2.05) is 0 Å². The molecule has 14 heavy (non-hydrogen) atoms. The number of hydrogen-bond donors (Lipinski definition) is 2. The van der Waals surface area contributed by atoms with Crippen molar-refractivity contribution in [2.24, 2.45) is 0 Å². The second kappa shape index (κ2) is 4.11. The van der Waals surface area contributed by atoms with Crippen molar-refractivity contribution in [3.63, 3.8) is 0 Å². The lowest BCUT2D eigenvalue weighted by atomic mass is 10.1. The van der Waals surface area contributed by atoms with Crippen LogP contribution in [0.4, 0.5) is 0 Å². The Hall–Kier alpha value is -1.55. The van der Waals surface area contributed by atoms with Crippen LogP contribution >= 0.6 is 0 Å². The smallest absolute Gasteiger partial charge is 0.335 e. The average Bonchev–Trinajstić information content (AvgIpc) is 2.16. The topological polar surface area (TPSA) is 66.8 Å². The van der Waals surface area contributed by atoms with Gasteiger partial charge >= 0.3 is 5.97 Å². The first-order chi connectivity index (χ1) is 6.56. The third-order valence-corrected chi connectivity index (χ3v) is 1.93. The van der Waals surface area contributed by atoms with Gasteiger partial charge in [0.2, 0.25) is 0 Å². The van der Waals surface area contributed by atoms with Gasteiger partial charge in [-0.15, -0.1) is 0 Å². The Morgan fingerprint density at radius 2 is 2.14 bits per heavy atom. The van der Waals surface area contributed by atoms with Gasteiger partial charge in [0, 0.05) is 5.56 Å². The van der Waals surface area contributed by atoms with Crippen molar-refractivity contribution in [2.75, 3.05) is 7.11 Å². The fourth-order valence-electron chi connectivity index (χ4n) is 1.19. The Balaban J connectivity index is 3.20. The Labute approximate surface area is 81.8 Å². The minimum absolute atomic E-state index is 0.140. The van der Waals surface area contributed by atoms with Crippen LogP contribution in [0.25, 0.3) is 0 Å². The van der Waals surface area contributed by atoms with E-state index in [4.69, 9.17) is 9.84 Å². The van der Waals surface area contributed by atoms with Crippen LogP contribution in [0.2, 0.25) is 0 Å². The molecule has 4 nitrogen and oxygen atoms in total. The fraction of sp³-hybridized carbons (Fsp3) is 0.300. The molecular weight excluding hydrogens is 184 g/mol. The molecule has 0 aliphatic rings. The monoisotopic (exact) mass is 196 g/mol. The Morgan fingerprint density at radius 3 is 2.57 bits per heavy atom. The predicted molar refractivity (Wildman–Crippen MR) is 50.6 cm³/mol. The second-order valence-electron chi connectivity index (χ2n) is 2.94. The number of aliphatic hydroxyl groups is 1. The van der Waals surface area contributed by atoms with Gasteiger partial charge < -0.3 is 14.9 Å². The van der Waals surface area contributed by atoms with Gasteiger partial charge in [-0.25, -0.2) is 4.79 Å². The van der Waals surface area contributed by atoms with Crippen molar-refractivity contribution in [1.29, 1.82) is 0 Å². The highest BCUT2D eigenvalue weighted by Gasteiger charge is 2.12. The zero-order valence-electron chi connectivity index (χ0n) is 8.02. The van der Waals surface area contributed by atoms with E-state index in [0.29, 0.717) is 11.3 Å². The van der Waals surface area contributed by atoms with Crippen molar-refractivity contribution < 1.29 is 19.7 Å². The Bertz CT molecular complexity index is 344. The molecule has 0 bridgehead atoms. The van der Waals surface area contributed by atoms with Crippen molar-refractivity contribution in [3.8, 4) is 5.75 Å². The highest BCUT2D eigenvalue weighted by Crippen LogP contribution is 2.25. The van der Waals surface area contributed by atoms with E-state index in [0.717, 1.165) is 0 Å². The standard InChI is InChI=1S/C10H12O4/c1-6(11)8-5-7(10(12)13)3-4-9(8)14-2/h3-6,11H,1-2H3,(H,12,13). The minimum Gasteiger partial charge on any atom is -0.496 e. The maximum absolute atomic E-state index is 10.7. The van der Waals surface area contributed by atoms with Gasteiger partial charge in [-0.3, -0.25) is 0 Å². The summed E-state index contributed by atoms with van der Waals surface area (Å²) < 4.78 is 4.99. The van der Waals surface area contributed by atoms with E-state index in [9.17, 15) is 9.90 Å². The van der Waals surface area contributed by atoms with Crippen LogP contribution in [0.5, 0.6) is 5.75 Å². The van der Waals surface area contributed by atoms with Crippen molar-refractivity contribution in [1.82, 2.24) is 0 Å². The Morgan fingerprint density at radius 1 is 1.50 bits per heavy atom. The molecule has 76 valence electrons. The number of methoxy groups -OCH3 is 1. The van der Waals surface area contributed by atoms with Crippen LogP contribution in [0.1, 0.15) is 28.9 Å². The van der Waals surface area contributed by atoms with Gasteiger partial charge in [0.25, 0.3) is 0 Å². The molecule has 4 heteroatoms. The lowest BCUT2D eigenvalue weighted by Crippen LogP contribution is -2.02. The van der Waals surface area contributed by atoms with Gasteiger partial charge in [0.15, 0.2) is 0 Å². The number of carboxylic acids is 1. The zero-order valence-corrected chi connectivity index (χ0v) is 8.02. The molecule has 1 aromatic carbocycles. The lowest BCUT2D eigenvalue weighted by molar-refractivity contribution is 0.0696. The number of carboxylic acid groups (broad SMARTS) is 1. The summed E-state index contributed by atoms with van der Waals surface area (Å²) in [6.07, 6.45) is -0.746. The fourth-order valence-corrected chi connectivity index (χ4v) is 1.19. The van der Waals surface area contributed by atoms with E-state index in [-0.39, 0.29) is 5.56 Å². The zero-order chi connectivity index (χ0) is 10.7. The first kappa shape index (κ1) is 10.5.